The molecule has 0 aliphatic heterocycles. The van der Waals surface area contributed by atoms with Gasteiger partial charge >= 0.3 is 0 Å². The van der Waals surface area contributed by atoms with E-state index in [1.54, 1.807) is 6.26 Å². The Kier molecular flexibility index (Phi) is 2.60. The molecule has 3 rings (SSSR count). The number of rotatable bonds is 2. The van der Waals surface area contributed by atoms with Gasteiger partial charge in [0.1, 0.15) is 5.76 Å². The summed E-state index contributed by atoms with van der Waals surface area (Å²) >= 11 is 1.46. The van der Waals surface area contributed by atoms with Crippen LogP contribution in [0.3, 0.4) is 0 Å². The molecule has 0 aliphatic rings. The molecule has 0 spiro atoms. The molecule has 3 aromatic rings. The first-order valence-corrected chi connectivity index (χ1v) is 6.26. The fourth-order valence-corrected chi connectivity index (χ4v) is 2.62. The number of hydrogen-bond acceptors (Lipinski definition) is 4. The third-order valence-corrected chi connectivity index (χ3v) is 3.43. The van der Waals surface area contributed by atoms with Crippen LogP contribution in [0, 0.1) is 0 Å². The van der Waals surface area contributed by atoms with Crippen LogP contribution in [0.4, 0.5) is 5.13 Å². The van der Waals surface area contributed by atoms with Crippen molar-refractivity contribution in [1.29, 1.82) is 0 Å². The Morgan fingerprint density at radius 2 is 2.28 bits per heavy atom. The lowest BCUT2D eigenvalue weighted by molar-refractivity contribution is -0.114. The molecule has 0 atom stereocenters. The molecule has 18 heavy (non-hydrogen) atoms. The summed E-state index contributed by atoms with van der Waals surface area (Å²) in [5, 5.41) is 3.31. The van der Waals surface area contributed by atoms with Gasteiger partial charge in [-0.05, 0) is 30.3 Å². The van der Waals surface area contributed by atoms with Crippen LogP contribution in [0.1, 0.15) is 6.92 Å². The molecule has 0 saturated carbocycles. The molecule has 0 fully saturated rings. The lowest BCUT2D eigenvalue weighted by atomic mass is 10.1. The first kappa shape index (κ1) is 11.0. The first-order valence-electron chi connectivity index (χ1n) is 5.44. The highest BCUT2D eigenvalue weighted by Gasteiger charge is 2.07. The van der Waals surface area contributed by atoms with Gasteiger partial charge in [-0.15, -0.1) is 0 Å². The maximum absolute atomic E-state index is 11.0. The van der Waals surface area contributed by atoms with Gasteiger partial charge in [-0.25, -0.2) is 4.98 Å². The molecule has 0 aliphatic carbocycles. The van der Waals surface area contributed by atoms with E-state index in [-0.39, 0.29) is 5.91 Å². The van der Waals surface area contributed by atoms with Crippen molar-refractivity contribution in [3.05, 3.63) is 36.6 Å². The number of benzene rings is 1. The Morgan fingerprint density at radius 1 is 1.39 bits per heavy atom. The van der Waals surface area contributed by atoms with Crippen molar-refractivity contribution in [2.24, 2.45) is 0 Å². The van der Waals surface area contributed by atoms with Crippen LogP contribution in [-0.2, 0) is 4.79 Å². The fourth-order valence-electron chi connectivity index (χ4n) is 1.73. The summed E-state index contributed by atoms with van der Waals surface area (Å²) in [6, 6.07) is 9.68. The Labute approximate surface area is 107 Å². The smallest absolute Gasteiger partial charge is 0.223 e. The van der Waals surface area contributed by atoms with Gasteiger partial charge in [0.05, 0.1) is 16.5 Å². The number of nitrogens with one attached hydrogen (secondary N) is 1. The Bertz CT molecular complexity index is 701. The minimum Gasteiger partial charge on any atom is -0.464 e. The average Bonchev–Trinajstić information content (AvgIpc) is 2.94. The summed E-state index contributed by atoms with van der Waals surface area (Å²) in [5.74, 6) is 0.700. The Hall–Kier alpha value is -2.14. The molecule has 1 amide bonds. The van der Waals surface area contributed by atoms with E-state index in [1.165, 1.54) is 18.3 Å². The SMILES string of the molecule is CC(=O)Nc1nc2cc(-c3ccco3)ccc2s1. The van der Waals surface area contributed by atoms with Crippen LogP contribution in [-0.4, -0.2) is 10.9 Å². The number of amides is 1. The van der Waals surface area contributed by atoms with Crippen LogP contribution in [0.2, 0.25) is 0 Å². The van der Waals surface area contributed by atoms with Crippen LogP contribution in [0.5, 0.6) is 0 Å². The predicted octanol–water partition coefficient (Wildman–Crippen LogP) is 3.51. The van der Waals surface area contributed by atoms with E-state index < -0.39 is 0 Å². The number of aromatic nitrogens is 1. The van der Waals surface area contributed by atoms with E-state index in [9.17, 15) is 4.79 Å². The van der Waals surface area contributed by atoms with Gasteiger partial charge in [0.25, 0.3) is 0 Å². The van der Waals surface area contributed by atoms with E-state index in [4.69, 9.17) is 4.42 Å². The van der Waals surface area contributed by atoms with Gasteiger partial charge in [0, 0.05) is 12.5 Å². The number of hydrogen-bond donors (Lipinski definition) is 1. The van der Waals surface area contributed by atoms with Crippen molar-refractivity contribution in [2.75, 3.05) is 5.32 Å². The van der Waals surface area contributed by atoms with Gasteiger partial charge in [0.15, 0.2) is 5.13 Å². The van der Waals surface area contributed by atoms with E-state index >= 15 is 0 Å². The lowest BCUT2D eigenvalue weighted by Gasteiger charge is -1.95. The third kappa shape index (κ3) is 2.00. The number of furan rings is 1. The summed E-state index contributed by atoms with van der Waals surface area (Å²) in [5.41, 5.74) is 1.84. The average molecular weight is 258 g/mol. The summed E-state index contributed by atoms with van der Waals surface area (Å²) < 4.78 is 6.38. The minimum absolute atomic E-state index is 0.111. The second-order valence-electron chi connectivity index (χ2n) is 3.86. The highest BCUT2D eigenvalue weighted by Crippen LogP contribution is 2.30. The predicted molar refractivity (Wildman–Crippen MR) is 71.6 cm³/mol. The van der Waals surface area contributed by atoms with Crippen LogP contribution in [0.15, 0.2) is 41.0 Å². The van der Waals surface area contributed by atoms with Gasteiger partial charge in [0.2, 0.25) is 5.91 Å². The summed E-state index contributed by atoms with van der Waals surface area (Å²) in [6.07, 6.45) is 1.64. The lowest BCUT2D eigenvalue weighted by Crippen LogP contribution is -2.04. The van der Waals surface area contributed by atoms with Crippen molar-refractivity contribution < 1.29 is 9.21 Å². The Morgan fingerprint density at radius 3 is 3.00 bits per heavy atom. The normalized spacial score (nSPS) is 10.7. The fraction of sp³-hybridized carbons (Fsp3) is 0.0769. The highest BCUT2D eigenvalue weighted by molar-refractivity contribution is 7.22. The molecule has 90 valence electrons. The summed E-state index contributed by atoms with van der Waals surface area (Å²) in [6.45, 7) is 1.47. The summed E-state index contributed by atoms with van der Waals surface area (Å²) in [4.78, 5) is 15.4. The number of carbonyl (C=O) groups excluding carboxylic acids is 1. The first-order chi connectivity index (χ1) is 8.72. The molecule has 5 heteroatoms. The standard InChI is InChI=1S/C13H10N2O2S/c1-8(16)14-13-15-10-7-9(4-5-12(10)18-13)11-3-2-6-17-11/h2-7H,1H3,(H,14,15,16). The molecule has 1 N–H and O–H groups in total. The van der Waals surface area contributed by atoms with E-state index in [0.717, 1.165) is 21.5 Å². The van der Waals surface area contributed by atoms with Crippen molar-refractivity contribution in [1.82, 2.24) is 4.98 Å². The topological polar surface area (TPSA) is 55.1 Å². The van der Waals surface area contributed by atoms with Gasteiger partial charge < -0.3 is 9.73 Å². The molecular weight excluding hydrogens is 248 g/mol. The zero-order chi connectivity index (χ0) is 12.5. The quantitative estimate of drug-likeness (QED) is 0.765. The summed E-state index contributed by atoms with van der Waals surface area (Å²) in [7, 11) is 0. The highest BCUT2D eigenvalue weighted by atomic mass is 32.1. The van der Waals surface area contributed by atoms with Gasteiger partial charge in [-0.3, -0.25) is 4.79 Å². The zero-order valence-electron chi connectivity index (χ0n) is 9.64. The van der Waals surface area contributed by atoms with E-state index in [1.807, 2.05) is 30.3 Å². The molecule has 2 heterocycles. The van der Waals surface area contributed by atoms with Crippen LogP contribution < -0.4 is 5.32 Å². The van der Waals surface area contributed by atoms with Gasteiger partial charge in [-0.1, -0.05) is 11.3 Å². The maximum Gasteiger partial charge on any atom is 0.223 e. The second kappa shape index (κ2) is 4.27. The molecule has 0 bridgehead atoms. The second-order valence-corrected chi connectivity index (χ2v) is 4.89. The minimum atomic E-state index is -0.111. The number of thiazole rings is 1. The van der Waals surface area contributed by atoms with E-state index in [2.05, 4.69) is 10.3 Å². The van der Waals surface area contributed by atoms with Crippen LogP contribution in [0.25, 0.3) is 21.5 Å². The number of anilines is 1. The number of fused-ring (bicyclic) bond motifs is 1. The molecule has 0 saturated heterocycles. The number of carbonyl (C=O) groups is 1. The molecule has 2 aromatic heterocycles. The zero-order valence-corrected chi connectivity index (χ0v) is 10.5. The largest absolute Gasteiger partial charge is 0.464 e. The molecule has 0 radical (unpaired) electrons. The molecule has 0 unspecified atom stereocenters. The van der Waals surface area contributed by atoms with E-state index in [0.29, 0.717) is 5.13 Å². The van der Waals surface area contributed by atoms with Crippen molar-refractivity contribution in [3.63, 3.8) is 0 Å². The van der Waals surface area contributed by atoms with Crippen molar-refractivity contribution >= 4 is 32.6 Å². The molecule has 1 aromatic carbocycles. The molecule has 4 nitrogen and oxygen atoms in total. The van der Waals surface area contributed by atoms with Gasteiger partial charge in [-0.2, -0.15) is 0 Å². The van der Waals surface area contributed by atoms with Crippen molar-refractivity contribution in [2.45, 2.75) is 6.92 Å². The monoisotopic (exact) mass is 258 g/mol. The third-order valence-electron chi connectivity index (χ3n) is 2.48. The maximum atomic E-state index is 11.0. The number of nitrogens with zero attached hydrogens (tertiary/aromatic N) is 1. The van der Waals surface area contributed by atoms with Crippen LogP contribution >= 0.6 is 11.3 Å². The Balaban J connectivity index is 2.04. The van der Waals surface area contributed by atoms with Crippen molar-refractivity contribution in [3.8, 4) is 11.3 Å². The molecular formula is C13H10N2O2S.